The molecule has 1 heterocycles. The Morgan fingerprint density at radius 3 is 2.68 bits per heavy atom. The molecule has 4 nitrogen and oxygen atoms in total. The van der Waals surface area contributed by atoms with Crippen molar-refractivity contribution in [1.82, 2.24) is 10.6 Å². The molecule has 19 heavy (non-hydrogen) atoms. The van der Waals surface area contributed by atoms with Gasteiger partial charge in [0.15, 0.2) is 5.96 Å². The van der Waals surface area contributed by atoms with E-state index < -0.39 is 6.10 Å². The highest BCUT2D eigenvalue weighted by Crippen LogP contribution is 2.26. The maximum Gasteiger partial charge on any atom is 0.191 e. The molecular formula is C12H21ClIN3OS. The predicted molar refractivity (Wildman–Crippen MR) is 94.0 cm³/mol. The number of thiophene rings is 1. The molecule has 0 saturated heterocycles. The lowest BCUT2D eigenvalue weighted by molar-refractivity contribution is 0.191. The minimum atomic E-state index is -0.598. The van der Waals surface area contributed by atoms with Crippen molar-refractivity contribution in [2.45, 2.75) is 26.4 Å². The molecule has 0 amide bonds. The number of halogens is 2. The Hall–Kier alpha value is -0.0500. The van der Waals surface area contributed by atoms with Gasteiger partial charge < -0.3 is 15.7 Å². The zero-order chi connectivity index (χ0) is 13.4. The fourth-order valence-corrected chi connectivity index (χ4v) is 2.40. The molecule has 1 aromatic rings. The summed E-state index contributed by atoms with van der Waals surface area (Å²) in [5, 5.41) is 16.3. The summed E-state index contributed by atoms with van der Waals surface area (Å²) in [6.07, 6.45) is 0.438. The van der Waals surface area contributed by atoms with E-state index in [2.05, 4.69) is 22.5 Å². The molecular weight excluding hydrogens is 397 g/mol. The summed E-state index contributed by atoms with van der Waals surface area (Å²) in [6, 6.07) is 3.62. The molecule has 0 fully saturated rings. The number of aliphatic hydroxyl groups excluding tert-OH is 1. The third kappa shape index (κ3) is 7.34. The topological polar surface area (TPSA) is 56.7 Å². The number of hydrogen-bond acceptors (Lipinski definition) is 3. The van der Waals surface area contributed by atoms with Crippen molar-refractivity contribution < 1.29 is 5.11 Å². The molecule has 7 heteroatoms. The van der Waals surface area contributed by atoms with Crippen molar-refractivity contribution in [1.29, 1.82) is 0 Å². The van der Waals surface area contributed by atoms with Crippen LogP contribution in [-0.4, -0.2) is 30.7 Å². The van der Waals surface area contributed by atoms with Crippen molar-refractivity contribution in [3.8, 4) is 0 Å². The molecule has 1 rings (SSSR count). The molecule has 110 valence electrons. The summed E-state index contributed by atoms with van der Waals surface area (Å²) in [7, 11) is 0. The first-order chi connectivity index (χ1) is 8.67. The zero-order valence-electron chi connectivity index (χ0n) is 11.1. The molecule has 0 aliphatic carbocycles. The molecule has 1 aromatic heterocycles. The summed E-state index contributed by atoms with van der Waals surface area (Å²) >= 11 is 7.22. The molecule has 1 atom stereocenters. The van der Waals surface area contributed by atoms with E-state index in [-0.39, 0.29) is 24.0 Å². The van der Waals surface area contributed by atoms with Crippen LogP contribution in [0.5, 0.6) is 0 Å². The van der Waals surface area contributed by atoms with Gasteiger partial charge in [-0.15, -0.1) is 35.3 Å². The number of guanidine groups is 1. The highest BCUT2D eigenvalue weighted by molar-refractivity contribution is 14.0. The van der Waals surface area contributed by atoms with Gasteiger partial charge in [0.2, 0.25) is 0 Å². The Morgan fingerprint density at radius 1 is 1.42 bits per heavy atom. The molecule has 0 aromatic carbocycles. The fraction of sp³-hybridized carbons (Fsp3) is 0.583. The third-order valence-corrected chi connectivity index (χ3v) is 3.56. The van der Waals surface area contributed by atoms with Crippen molar-refractivity contribution in [2.24, 2.45) is 4.99 Å². The smallest absolute Gasteiger partial charge is 0.191 e. The van der Waals surface area contributed by atoms with Gasteiger partial charge in [-0.2, -0.15) is 0 Å². The second-order valence-electron chi connectivity index (χ2n) is 3.80. The Labute approximate surface area is 140 Å². The van der Waals surface area contributed by atoms with Crippen LogP contribution in [0, 0.1) is 0 Å². The van der Waals surface area contributed by atoms with Crippen molar-refractivity contribution in [3.63, 3.8) is 0 Å². The maximum atomic E-state index is 9.97. The van der Waals surface area contributed by atoms with E-state index in [1.54, 1.807) is 6.07 Å². The van der Waals surface area contributed by atoms with E-state index >= 15 is 0 Å². The Morgan fingerprint density at radius 2 is 2.16 bits per heavy atom. The van der Waals surface area contributed by atoms with Crippen LogP contribution in [0.15, 0.2) is 17.1 Å². The minimum absolute atomic E-state index is 0. The Kier molecular flexibility index (Phi) is 10.7. The molecule has 0 radical (unpaired) electrons. The van der Waals surface area contributed by atoms with Crippen LogP contribution in [0.3, 0.4) is 0 Å². The highest BCUT2D eigenvalue weighted by Gasteiger charge is 2.09. The van der Waals surface area contributed by atoms with E-state index in [1.807, 2.05) is 13.0 Å². The molecule has 0 saturated carbocycles. The predicted octanol–water partition coefficient (Wildman–Crippen LogP) is 3.02. The zero-order valence-corrected chi connectivity index (χ0v) is 15.1. The van der Waals surface area contributed by atoms with Crippen LogP contribution in [-0.2, 0) is 0 Å². The number of aliphatic hydroxyl groups is 1. The quantitative estimate of drug-likeness (QED) is 0.379. The van der Waals surface area contributed by atoms with E-state index in [0.717, 1.165) is 30.3 Å². The maximum absolute atomic E-state index is 9.97. The minimum Gasteiger partial charge on any atom is -0.386 e. The lowest BCUT2D eigenvalue weighted by Gasteiger charge is -2.11. The van der Waals surface area contributed by atoms with E-state index in [9.17, 15) is 5.11 Å². The second-order valence-corrected chi connectivity index (χ2v) is 5.55. The van der Waals surface area contributed by atoms with Crippen LogP contribution >= 0.6 is 46.9 Å². The van der Waals surface area contributed by atoms with E-state index in [0.29, 0.717) is 10.9 Å². The average Bonchev–Trinajstić information content (AvgIpc) is 2.79. The van der Waals surface area contributed by atoms with Crippen molar-refractivity contribution in [2.75, 3.05) is 19.6 Å². The molecule has 3 N–H and O–H groups in total. The van der Waals surface area contributed by atoms with Crippen molar-refractivity contribution >= 4 is 52.9 Å². The van der Waals surface area contributed by atoms with Crippen LogP contribution < -0.4 is 10.6 Å². The van der Waals surface area contributed by atoms with Gasteiger partial charge in [0.25, 0.3) is 0 Å². The summed E-state index contributed by atoms with van der Waals surface area (Å²) in [5.41, 5.74) is 0. The summed E-state index contributed by atoms with van der Waals surface area (Å²) in [6.45, 7) is 6.11. The molecule has 0 aliphatic rings. The van der Waals surface area contributed by atoms with Gasteiger partial charge in [-0.05, 0) is 25.5 Å². The summed E-state index contributed by atoms with van der Waals surface area (Å²) < 4.78 is 0.684. The number of nitrogens with one attached hydrogen (secondary N) is 2. The van der Waals surface area contributed by atoms with Crippen LogP contribution in [0.1, 0.15) is 31.2 Å². The summed E-state index contributed by atoms with van der Waals surface area (Å²) in [5.74, 6) is 0.737. The van der Waals surface area contributed by atoms with Gasteiger partial charge in [0.1, 0.15) is 6.10 Å². The van der Waals surface area contributed by atoms with Crippen LogP contribution in [0.4, 0.5) is 0 Å². The molecule has 0 aliphatic heterocycles. The SMILES string of the molecule is CCCNC(=NCC(O)c1ccc(Cl)s1)NCC.I. The molecule has 0 bridgehead atoms. The van der Waals surface area contributed by atoms with Gasteiger partial charge in [-0.25, -0.2) is 0 Å². The number of nitrogens with zero attached hydrogens (tertiary/aromatic N) is 1. The Bertz CT molecular complexity index is 387. The monoisotopic (exact) mass is 417 g/mol. The van der Waals surface area contributed by atoms with E-state index in [1.165, 1.54) is 11.3 Å². The van der Waals surface area contributed by atoms with E-state index in [4.69, 9.17) is 11.6 Å². The molecule has 1 unspecified atom stereocenters. The Balaban J connectivity index is 0.00000324. The van der Waals surface area contributed by atoms with Gasteiger partial charge in [0.05, 0.1) is 10.9 Å². The average molecular weight is 418 g/mol. The van der Waals surface area contributed by atoms with Gasteiger partial charge in [0, 0.05) is 18.0 Å². The van der Waals surface area contributed by atoms with Crippen LogP contribution in [0.2, 0.25) is 4.34 Å². The summed E-state index contributed by atoms with van der Waals surface area (Å²) in [4.78, 5) is 5.19. The van der Waals surface area contributed by atoms with Gasteiger partial charge in [-0.1, -0.05) is 18.5 Å². The standard InChI is InChI=1S/C12H20ClN3OS.HI/c1-3-7-15-12(14-4-2)16-8-9(17)10-5-6-11(13)18-10;/h5-6,9,17H,3-4,7-8H2,1-2H3,(H2,14,15,16);1H. The number of rotatable bonds is 6. The number of aliphatic imine (C=N–C) groups is 1. The highest BCUT2D eigenvalue weighted by atomic mass is 127. The van der Waals surface area contributed by atoms with Crippen LogP contribution in [0.25, 0.3) is 0 Å². The first-order valence-corrected chi connectivity index (χ1v) is 7.32. The molecule has 0 spiro atoms. The first-order valence-electron chi connectivity index (χ1n) is 6.12. The normalized spacial score (nSPS) is 12.7. The second kappa shape index (κ2) is 10.7. The lowest BCUT2D eigenvalue weighted by Crippen LogP contribution is -2.37. The van der Waals surface area contributed by atoms with Gasteiger partial charge in [-0.3, -0.25) is 4.99 Å². The fourth-order valence-electron chi connectivity index (χ4n) is 1.36. The number of hydrogen-bond donors (Lipinski definition) is 3. The first kappa shape index (κ1) is 18.9. The largest absolute Gasteiger partial charge is 0.386 e. The van der Waals surface area contributed by atoms with Gasteiger partial charge >= 0.3 is 0 Å². The third-order valence-electron chi connectivity index (χ3n) is 2.23. The van der Waals surface area contributed by atoms with Crippen molar-refractivity contribution in [3.05, 3.63) is 21.3 Å². The lowest BCUT2D eigenvalue weighted by atomic mass is 10.3.